The Morgan fingerprint density at radius 3 is 2.56 bits per heavy atom. The molecule has 7 heteroatoms. The van der Waals surface area contributed by atoms with E-state index in [1.807, 2.05) is 20.8 Å². The highest BCUT2D eigenvalue weighted by atomic mass is 16.3. The van der Waals surface area contributed by atoms with Gasteiger partial charge >= 0.3 is 0 Å². The van der Waals surface area contributed by atoms with Crippen LogP contribution in [0.3, 0.4) is 0 Å². The number of nitrogens with one attached hydrogen (secondary N) is 1. The van der Waals surface area contributed by atoms with Crippen molar-refractivity contribution in [3.8, 4) is 0 Å². The molecule has 1 amide bonds. The van der Waals surface area contributed by atoms with Gasteiger partial charge in [-0.15, -0.1) is 4.91 Å². The van der Waals surface area contributed by atoms with Gasteiger partial charge in [-0.05, 0) is 43.6 Å². The molecule has 0 heterocycles. The van der Waals surface area contributed by atoms with Crippen molar-refractivity contribution >= 4 is 17.3 Å². The summed E-state index contributed by atoms with van der Waals surface area (Å²) >= 11 is 0. The van der Waals surface area contributed by atoms with Gasteiger partial charge in [-0.25, -0.2) is 0 Å². The first-order valence-corrected chi connectivity index (χ1v) is 5.22. The lowest BCUT2D eigenvalue weighted by Crippen LogP contribution is -2.40. The standard InChI is InChI=1S/C11H13N5O2/c1-11(2,3)13-10(17)8-6-7(14-16-12)4-5-9(8)15-18/h4-6H,1-3H3,(H,13,17). The second-order valence-corrected chi connectivity index (χ2v) is 4.69. The molecule has 1 rings (SSSR count). The van der Waals surface area contributed by atoms with Gasteiger partial charge < -0.3 is 5.32 Å². The lowest BCUT2D eigenvalue weighted by Gasteiger charge is -2.20. The number of nitroso groups, excluding NO2 is 1. The number of azide groups is 1. The fourth-order valence-electron chi connectivity index (χ4n) is 1.31. The van der Waals surface area contributed by atoms with E-state index in [4.69, 9.17) is 5.53 Å². The average molecular weight is 247 g/mol. The lowest BCUT2D eigenvalue weighted by atomic mass is 10.1. The van der Waals surface area contributed by atoms with Crippen LogP contribution in [0.15, 0.2) is 28.5 Å². The molecule has 0 fully saturated rings. The van der Waals surface area contributed by atoms with Gasteiger partial charge in [0.05, 0.1) is 5.56 Å². The monoisotopic (exact) mass is 247 g/mol. The molecular weight excluding hydrogens is 234 g/mol. The summed E-state index contributed by atoms with van der Waals surface area (Å²) in [4.78, 5) is 25.2. The Balaban J connectivity index is 3.19. The zero-order valence-corrected chi connectivity index (χ0v) is 10.3. The summed E-state index contributed by atoms with van der Waals surface area (Å²) in [6.45, 7) is 5.45. The maximum atomic E-state index is 12.0. The average Bonchev–Trinajstić information content (AvgIpc) is 2.27. The largest absolute Gasteiger partial charge is 0.347 e. The third-order valence-corrected chi connectivity index (χ3v) is 1.97. The van der Waals surface area contributed by atoms with Crippen LogP contribution in [-0.2, 0) is 0 Å². The van der Waals surface area contributed by atoms with Gasteiger partial charge in [-0.1, -0.05) is 11.2 Å². The van der Waals surface area contributed by atoms with Crippen molar-refractivity contribution in [2.75, 3.05) is 0 Å². The SMILES string of the molecule is CC(C)(C)NC(=O)c1cc(N=[N+]=[N-])ccc1N=O. The van der Waals surface area contributed by atoms with E-state index < -0.39 is 11.4 Å². The molecule has 0 unspecified atom stereocenters. The molecule has 0 aliphatic heterocycles. The smallest absolute Gasteiger partial charge is 0.254 e. The minimum atomic E-state index is -0.439. The van der Waals surface area contributed by atoms with Crippen molar-refractivity contribution in [1.29, 1.82) is 0 Å². The molecule has 0 saturated heterocycles. The van der Waals surface area contributed by atoms with E-state index in [9.17, 15) is 9.70 Å². The molecular formula is C11H13N5O2. The van der Waals surface area contributed by atoms with E-state index in [1.165, 1.54) is 18.2 Å². The minimum Gasteiger partial charge on any atom is -0.347 e. The van der Waals surface area contributed by atoms with E-state index in [-0.39, 0.29) is 16.9 Å². The minimum absolute atomic E-state index is 0.00800. The van der Waals surface area contributed by atoms with Crippen molar-refractivity contribution in [3.63, 3.8) is 0 Å². The van der Waals surface area contributed by atoms with Gasteiger partial charge in [0, 0.05) is 16.1 Å². The van der Waals surface area contributed by atoms with Gasteiger partial charge in [-0.2, -0.15) is 0 Å². The third kappa shape index (κ3) is 3.57. The maximum absolute atomic E-state index is 12.0. The summed E-state index contributed by atoms with van der Waals surface area (Å²) in [6.07, 6.45) is 0. The number of amides is 1. The van der Waals surface area contributed by atoms with Gasteiger partial charge in [0.15, 0.2) is 0 Å². The van der Waals surface area contributed by atoms with Crippen LogP contribution in [0.5, 0.6) is 0 Å². The van der Waals surface area contributed by atoms with E-state index in [1.54, 1.807) is 0 Å². The van der Waals surface area contributed by atoms with Crippen LogP contribution in [0.4, 0.5) is 11.4 Å². The molecule has 0 bridgehead atoms. The van der Waals surface area contributed by atoms with Crippen molar-refractivity contribution in [2.24, 2.45) is 10.3 Å². The van der Waals surface area contributed by atoms with Crippen LogP contribution in [0, 0.1) is 4.91 Å². The predicted octanol–water partition coefficient (Wildman–Crippen LogP) is 3.55. The fourth-order valence-corrected chi connectivity index (χ4v) is 1.31. The molecule has 7 nitrogen and oxygen atoms in total. The van der Waals surface area contributed by atoms with Crippen molar-refractivity contribution < 1.29 is 4.79 Å². The molecule has 0 aromatic heterocycles. The van der Waals surface area contributed by atoms with Crippen LogP contribution in [0.2, 0.25) is 0 Å². The summed E-state index contributed by atoms with van der Waals surface area (Å²) in [5.74, 6) is -0.438. The van der Waals surface area contributed by atoms with Gasteiger partial charge in [0.1, 0.15) is 5.69 Å². The zero-order chi connectivity index (χ0) is 13.8. The first-order valence-electron chi connectivity index (χ1n) is 5.22. The quantitative estimate of drug-likeness (QED) is 0.381. The predicted molar refractivity (Wildman–Crippen MR) is 67.9 cm³/mol. The summed E-state index contributed by atoms with van der Waals surface area (Å²) in [7, 11) is 0. The molecule has 0 aliphatic rings. The van der Waals surface area contributed by atoms with E-state index in [2.05, 4.69) is 20.5 Å². The Bertz CT molecular complexity index is 527. The summed E-state index contributed by atoms with van der Waals surface area (Å²) < 4.78 is 0. The molecule has 1 N–H and O–H groups in total. The van der Waals surface area contributed by atoms with Crippen molar-refractivity contribution in [1.82, 2.24) is 5.32 Å². The van der Waals surface area contributed by atoms with E-state index >= 15 is 0 Å². The Labute approximate surface area is 104 Å². The third-order valence-electron chi connectivity index (χ3n) is 1.97. The zero-order valence-electron chi connectivity index (χ0n) is 10.3. The molecule has 0 radical (unpaired) electrons. The highest BCUT2D eigenvalue weighted by Gasteiger charge is 2.18. The molecule has 1 aromatic rings. The second kappa shape index (κ2) is 5.29. The molecule has 1 aromatic carbocycles. The van der Waals surface area contributed by atoms with Crippen LogP contribution in [0.25, 0.3) is 10.4 Å². The van der Waals surface area contributed by atoms with Crippen molar-refractivity contribution in [2.45, 2.75) is 26.3 Å². The van der Waals surface area contributed by atoms with Crippen LogP contribution in [0.1, 0.15) is 31.1 Å². The lowest BCUT2D eigenvalue weighted by molar-refractivity contribution is 0.0920. The number of rotatable bonds is 3. The summed E-state index contributed by atoms with van der Waals surface area (Å²) in [5.41, 5.74) is 8.25. The topological polar surface area (TPSA) is 107 Å². The molecule has 0 aliphatic carbocycles. The number of carbonyl (C=O) groups is 1. The molecule has 18 heavy (non-hydrogen) atoms. The van der Waals surface area contributed by atoms with Crippen LogP contribution < -0.4 is 5.32 Å². The fraction of sp³-hybridized carbons (Fsp3) is 0.364. The van der Waals surface area contributed by atoms with Gasteiger partial charge in [-0.3, -0.25) is 4.79 Å². The first-order chi connectivity index (χ1) is 8.37. The Morgan fingerprint density at radius 2 is 2.06 bits per heavy atom. The first kappa shape index (κ1) is 13.7. The van der Waals surface area contributed by atoms with Crippen LogP contribution in [-0.4, -0.2) is 11.4 Å². The van der Waals surface area contributed by atoms with Crippen LogP contribution >= 0.6 is 0 Å². The Hall–Kier alpha value is -2.40. The molecule has 0 saturated carbocycles. The number of carbonyl (C=O) groups excluding carboxylic acids is 1. The number of hydrogen-bond acceptors (Lipinski definition) is 4. The number of nitrogens with zero attached hydrogens (tertiary/aromatic N) is 4. The van der Waals surface area contributed by atoms with Crippen molar-refractivity contribution in [3.05, 3.63) is 39.1 Å². The summed E-state index contributed by atoms with van der Waals surface area (Å²) in [5, 5.41) is 8.86. The molecule has 0 atom stereocenters. The maximum Gasteiger partial charge on any atom is 0.254 e. The van der Waals surface area contributed by atoms with Gasteiger partial charge in [0.25, 0.3) is 5.91 Å². The highest BCUT2D eigenvalue weighted by molar-refractivity contribution is 6.00. The van der Waals surface area contributed by atoms with E-state index in [0.717, 1.165) is 0 Å². The van der Waals surface area contributed by atoms with E-state index in [0.29, 0.717) is 0 Å². The highest BCUT2D eigenvalue weighted by Crippen LogP contribution is 2.25. The number of hydrogen-bond donors (Lipinski definition) is 1. The Kier molecular flexibility index (Phi) is 4.01. The molecule has 94 valence electrons. The summed E-state index contributed by atoms with van der Waals surface area (Å²) in [6, 6.07) is 4.09. The second-order valence-electron chi connectivity index (χ2n) is 4.69. The van der Waals surface area contributed by atoms with Gasteiger partial charge in [0.2, 0.25) is 0 Å². The number of benzene rings is 1. The Morgan fingerprint density at radius 1 is 1.39 bits per heavy atom. The normalized spacial score (nSPS) is 10.4. The molecule has 0 spiro atoms.